The second-order valence-electron chi connectivity index (χ2n) is 4.99. The largest absolute Gasteiger partial charge is 0.481 e. The second kappa shape index (κ2) is 5.40. The third-order valence-corrected chi connectivity index (χ3v) is 3.27. The van der Waals surface area contributed by atoms with Gasteiger partial charge in [-0.05, 0) is 12.8 Å². The summed E-state index contributed by atoms with van der Waals surface area (Å²) < 4.78 is 4.84. The predicted octanol–water partition coefficient (Wildman–Crippen LogP) is 0.574. The molecule has 1 saturated heterocycles. The Kier molecular flexibility index (Phi) is 3.84. The van der Waals surface area contributed by atoms with Gasteiger partial charge in [0.15, 0.2) is 5.82 Å². The van der Waals surface area contributed by atoms with E-state index in [2.05, 4.69) is 10.5 Å². The molecule has 1 fully saturated rings. The molecule has 19 heavy (non-hydrogen) atoms. The van der Waals surface area contributed by atoms with Crippen LogP contribution in [0.25, 0.3) is 0 Å². The number of hydrogen-bond donors (Lipinski definition) is 2. The smallest absolute Gasteiger partial charge is 0.308 e. The number of nitrogens with zero attached hydrogens (tertiary/aromatic N) is 2. The van der Waals surface area contributed by atoms with E-state index in [1.54, 1.807) is 13.0 Å². The Hall–Kier alpha value is -1.89. The van der Waals surface area contributed by atoms with E-state index in [9.17, 15) is 9.59 Å². The summed E-state index contributed by atoms with van der Waals surface area (Å²) >= 11 is 0. The van der Waals surface area contributed by atoms with Crippen LogP contribution < -0.4 is 5.32 Å². The van der Waals surface area contributed by atoms with Gasteiger partial charge < -0.3 is 14.9 Å². The average molecular weight is 267 g/mol. The van der Waals surface area contributed by atoms with E-state index >= 15 is 0 Å². The molecule has 1 amide bonds. The van der Waals surface area contributed by atoms with Crippen molar-refractivity contribution in [1.82, 2.24) is 10.1 Å². The summed E-state index contributed by atoms with van der Waals surface area (Å²) in [7, 11) is 0. The molecule has 1 aliphatic heterocycles. The number of carboxylic acid groups (broad SMARTS) is 1. The van der Waals surface area contributed by atoms with Gasteiger partial charge in [-0.1, -0.05) is 12.1 Å². The highest BCUT2D eigenvalue weighted by molar-refractivity contribution is 5.91. The number of aryl methyl sites for hydroxylation is 1. The maximum atomic E-state index is 11.8. The first kappa shape index (κ1) is 13.5. The van der Waals surface area contributed by atoms with Crippen LogP contribution in [0.1, 0.15) is 12.7 Å². The number of amides is 1. The van der Waals surface area contributed by atoms with Gasteiger partial charge in [0.2, 0.25) is 5.91 Å². The minimum atomic E-state index is -0.803. The Morgan fingerprint density at radius 3 is 2.84 bits per heavy atom. The lowest BCUT2D eigenvalue weighted by molar-refractivity contribution is -0.142. The zero-order valence-electron chi connectivity index (χ0n) is 10.9. The van der Waals surface area contributed by atoms with Crippen molar-refractivity contribution in [3.63, 3.8) is 0 Å². The van der Waals surface area contributed by atoms with Crippen molar-refractivity contribution in [2.24, 2.45) is 11.8 Å². The molecule has 0 bridgehead atoms. The maximum absolute atomic E-state index is 11.8. The fraction of sp³-hybridized carbons (Fsp3) is 0.583. The monoisotopic (exact) mass is 267 g/mol. The van der Waals surface area contributed by atoms with E-state index in [0.717, 1.165) is 0 Å². The first-order valence-electron chi connectivity index (χ1n) is 6.14. The molecular formula is C12H17N3O4. The average Bonchev–Trinajstić information content (AvgIpc) is 2.85. The molecule has 1 aliphatic rings. The highest BCUT2D eigenvalue weighted by atomic mass is 16.5. The summed E-state index contributed by atoms with van der Waals surface area (Å²) in [5.74, 6) is -0.365. The predicted molar refractivity (Wildman–Crippen MR) is 66.6 cm³/mol. The van der Waals surface area contributed by atoms with Gasteiger partial charge in [0.1, 0.15) is 5.76 Å². The Labute approximate surface area is 110 Å². The standard InChI is InChI=1S/C12H17N3O4/c1-7-4-15(5-9(7)12(17)18)6-11(16)13-10-3-8(2)19-14-10/h3,7,9H,4-6H2,1-2H3,(H,17,18)(H,13,14,16)/t7-,9-/m1/s1. The van der Waals surface area contributed by atoms with Crippen molar-refractivity contribution >= 4 is 17.7 Å². The van der Waals surface area contributed by atoms with Crippen molar-refractivity contribution in [3.8, 4) is 0 Å². The minimum absolute atomic E-state index is 0.0552. The summed E-state index contributed by atoms with van der Waals surface area (Å²) in [6.45, 7) is 4.81. The highest BCUT2D eigenvalue weighted by Gasteiger charge is 2.35. The lowest BCUT2D eigenvalue weighted by Gasteiger charge is -2.13. The van der Waals surface area contributed by atoms with Crippen molar-refractivity contribution in [3.05, 3.63) is 11.8 Å². The van der Waals surface area contributed by atoms with Crippen LogP contribution in [0.3, 0.4) is 0 Å². The van der Waals surface area contributed by atoms with Crippen LogP contribution >= 0.6 is 0 Å². The van der Waals surface area contributed by atoms with Gasteiger partial charge in [-0.25, -0.2) is 0 Å². The molecule has 2 N–H and O–H groups in total. The summed E-state index contributed by atoms with van der Waals surface area (Å²) in [6.07, 6.45) is 0. The summed E-state index contributed by atoms with van der Waals surface area (Å²) in [4.78, 5) is 24.6. The Bertz CT molecular complexity index is 485. The van der Waals surface area contributed by atoms with Crippen LogP contribution in [0.15, 0.2) is 10.6 Å². The van der Waals surface area contributed by atoms with Crippen LogP contribution in [0.5, 0.6) is 0 Å². The SMILES string of the molecule is Cc1cc(NC(=O)CN2C[C@@H](C)[C@H](C(=O)O)C2)no1. The number of nitrogens with one attached hydrogen (secondary N) is 1. The van der Waals surface area contributed by atoms with E-state index in [1.807, 2.05) is 11.8 Å². The molecule has 1 aromatic rings. The van der Waals surface area contributed by atoms with Crippen molar-refractivity contribution < 1.29 is 19.2 Å². The number of aromatic nitrogens is 1. The first-order valence-corrected chi connectivity index (χ1v) is 6.14. The molecule has 2 atom stereocenters. The van der Waals surface area contributed by atoms with Crippen LogP contribution in [0.2, 0.25) is 0 Å². The van der Waals surface area contributed by atoms with Crippen LogP contribution in [0, 0.1) is 18.8 Å². The molecule has 1 aromatic heterocycles. The van der Waals surface area contributed by atoms with E-state index in [1.165, 1.54) is 0 Å². The molecule has 2 heterocycles. The van der Waals surface area contributed by atoms with Crippen LogP contribution in [-0.2, 0) is 9.59 Å². The fourth-order valence-electron chi connectivity index (χ4n) is 2.33. The quantitative estimate of drug-likeness (QED) is 0.828. The van der Waals surface area contributed by atoms with Gasteiger partial charge in [-0.2, -0.15) is 0 Å². The molecule has 0 unspecified atom stereocenters. The number of aliphatic carboxylic acids is 1. The third-order valence-electron chi connectivity index (χ3n) is 3.27. The number of likely N-dealkylation sites (tertiary alicyclic amines) is 1. The molecule has 0 aromatic carbocycles. The van der Waals surface area contributed by atoms with Gasteiger partial charge in [0, 0.05) is 19.2 Å². The number of hydrogen-bond acceptors (Lipinski definition) is 5. The van der Waals surface area contributed by atoms with Crippen molar-refractivity contribution in [1.29, 1.82) is 0 Å². The van der Waals surface area contributed by atoms with E-state index in [0.29, 0.717) is 24.7 Å². The number of carbonyl (C=O) groups is 2. The molecule has 104 valence electrons. The van der Waals surface area contributed by atoms with E-state index in [4.69, 9.17) is 9.63 Å². The molecule has 7 heteroatoms. The molecular weight excluding hydrogens is 250 g/mol. The summed E-state index contributed by atoms with van der Waals surface area (Å²) in [5, 5.41) is 15.3. The molecule has 0 radical (unpaired) electrons. The first-order chi connectivity index (χ1) is 8.95. The maximum Gasteiger partial charge on any atom is 0.308 e. The lowest BCUT2D eigenvalue weighted by atomic mass is 9.99. The molecule has 7 nitrogen and oxygen atoms in total. The fourth-order valence-corrected chi connectivity index (χ4v) is 2.33. The summed E-state index contributed by atoms with van der Waals surface area (Å²) in [6, 6.07) is 1.63. The number of carbonyl (C=O) groups excluding carboxylic acids is 1. The van der Waals surface area contributed by atoms with E-state index < -0.39 is 11.9 Å². The third kappa shape index (κ3) is 3.31. The highest BCUT2D eigenvalue weighted by Crippen LogP contribution is 2.22. The number of anilines is 1. The van der Waals surface area contributed by atoms with E-state index in [-0.39, 0.29) is 18.4 Å². The Morgan fingerprint density at radius 2 is 2.32 bits per heavy atom. The zero-order valence-corrected chi connectivity index (χ0v) is 10.9. The molecule has 0 saturated carbocycles. The second-order valence-corrected chi connectivity index (χ2v) is 4.99. The molecule has 2 rings (SSSR count). The summed E-state index contributed by atoms with van der Waals surface area (Å²) in [5.41, 5.74) is 0. The Morgan fingerprint density at radius 1 is 1.58 bits per heavy atom. The van der Waals surface area contributed by atoms with Gasteiger partial charge in [-0.15, -0.1) is 0 Å². The van der Waals surface area contributed by atoms with Gasteiger partial charge in [0.05, 0.1) is 12.5 Å². The molecule has 0 spiro atoms. The lowest BCUT2D eigenvalue weighted by Crippen LogP contribution is -2.32. The van der Waals surface area contributed by atoms with Crippen LogP contribution in [-0.4, -0.2) is 46.7 Å². The number of carboxylic acids is 1. The topological polar surface area (TPSA) is 95.7 Å². The zero-order chi connectivity index (χ0) is 14.0. The van der Waals surface area contributed by atoms with Gasteiger partial charge in [-0.3, -0.25) is 14.5 Å². The minimum Gasteiger partial charge on any atom is -0.481 e. The number of rotatable bonds is 4. The molecule has 0 aliphatic carbocycles. The van der Waals surface area contributed by atoms with Crippen LogP contribution in [0.4, 0.5) is 5.82 Å². The van der Waals surface area contributed by atoms with Gasteiger partial charge >= 0.3 is 5.97 Å². The van der Waals surface area contributed by atoms with Gasteiger partial charge in [0.25, 0.3) is 0 Å². The van der Waals surface area contributed by atoms with Crippen molar-refractivity contribution in [2.75, 3.05) is 25.0 Å². The normalized spacial score (nSPS) is 23.5. The van der Waals surface area contributed by atoms with Crippen molar-refractivity contribution in [2.45, 2.75) is 13.8 Å². The Balaban J connectivity index is 1.85.